The largest absolute Gasteiger partial charge is 0.462 e. The zero-order valence-electron chi connectivity index (χ0n) is 16.6. The fourth-order valence-corrected chi connectivity index (χ4v) is 3.62. The van der Waals surface area contributed by atoms with E-state index in [1.165, 1.54) is 17.4 Å². The molecule has 0 saturated heterocycles. The highest BCUT2D eigenvalue weighted by atomic mass is 32.1. The van der Waals surface area contributed by atoms with Crippen LogP contribution in [0.15, 0.2) is 6.08 Å². The van der Waals surface area contributed by atoms with E-state index in [1.807, 2.05) is 39.2 Å². The number of carbonyl (C=O) groups is 2. The Balaban J connectivity index is 2.26. The summed E-state index contributed by atoms with van der Waals surface area (Å²) >= 11 is 1.35. The molecule has 2 rings (SSSR count). The van der Waals surface area contributed by atoms with Gasteiger partial charge in [-0.25, -0.2) is 4.79 Å². The van der Waals surface area contributed by atoms with E-state index in [1.54, 1.807) is 13.0 Å². The van der Waals surface area contributed by atoms with Crippen molar-refractivity contribution in [3.63, 3.8) is 0 Å². The molecule has 0 spiro atoms. The maximum atomic E-state index is 12.4. The Morgan fingerprint density at radius 2 is 1.93 bits per heavy atom. The molecule has 27 heavy (non-hydrogen) atoms. The zero-order chi connectivity index (χ0) is 20.1. The van der Waals surface area contributed by atoms with Gasteiger partial charge in [0.05, 0.1) is 12.2 Å². The standard InChI is InChI=1S/C19H26N4O3S/c1-7-23-12(5)14(16(13(23)6)18(25)26-8-2)9-10-15(24)20-19-22-21-17(27-19)11(3)4/h9-11H,7-8H2,1-6H3,(H,20,22,24)/b10-9+. The van der Waals surface area contributed by atoms with Gasteiger partial charge in [-0.1, -0.05) is 25.2 Å². The minimum Gasteiger partial charge on any atom is -0.462 e. The number of amides is 1. The van der Waals surface area contributed by atoms with Crippen molar-refractivity contribution in [1.29, 1.82) is 0 Å². The third kappa shape index (κ3) is 4.63. The Morgan fingerprint density at radius 3 is 2.48 bits per heavy atom. The van der Waals surface area contributed by atoms with E-state index in [0.29, 0.717) is 22.9 Å². The van der Waals surface area contributed by atoms with E-state index < -0.39 is 0 Å². The molecule has 2 aromatic rings. The highest BCUT2D eigenvalue weighted by Gasteiger charge is 2.22. The van der Waals surface area contributed by atoms with Crippen LogP contribution >= 0.6 is 11.3 Å². The van der Waals surface area contributed by atoms with Crippen molar-refractivity contribution in [1.82, 2.24) is 14.8 Å². The molecular weight excluding hydrogens is 364 g/mol. The Labute approximate surface area is 163 Å². The molecule has 1 amide bonds. The van der Waals surface area contributed by atoms with Gasteiger partial charge in [-0.2, -0.15) is 0 Å². The first kappa shape index (κ1) is 20.8. The first-order valence-corrected chi connectivity index (χ1v) is 9.80. The van der Waals surface area contributed by atoms with Crippen LogP contribution in [0.4, 0.5) is 5.13 Å². The van der Waals surface area contributed by atoms with Gasteiger partial charge >= 0.3 is 5.97 Å². The summed E-state index contributed by atoms with van der Waals surface area (Å²) in [6.45, 7) is 12.7. The quantitative estimate of drug-likeness (QED) is 0.572. The first-order chi connectivity index (χ1) is 12.8. The van der Waals surface area contributed by atoms with Gasteiger partial charge in [0, 0.05) is 35.5 Å². The number of rotatable bonds is 7. The second kappa shape index (κ2) is 8.94. The third-order valence-electron chi connectivity index (χ3n) is 4.19. The molecule has 146 valence electrons. The van der Waals surface area contributed by atoms with Gasteiger partial charge in [0.15, 0.2) is 0 Å². The second-order valence-corrected chi connectivity index (χ2v) is 7.36. The molecule has 2 aromatic heterocycles. The van der Waals surface area contributed by atoms with Crippen molar-refractivity contribution in [3.8, 4) is 0 Å². The van der Waals surface area contributed by atoms with E-state index in [0.717, 1.165) is 22.9 Å². The number of carbonyl (C=O) groups excluding carboxylic acids is 2. The average molecular weight is 391 g/mol. The predicted octanol–water partition coefficient (Wildman–Crippen LogP) is 3.93. The van der Waals surface area contributed by atoms with E-state index in [2.05, 4.69) is 15.5 Å². The lowest BCUT2D eigenvalue weighted by Crippen LogP contribution is -2.09. The van der Waals surface area contributed by atoms with Crippen LogP contribution in [-0.4, -0.2) is 33.2 Å². The molecule has 0 aromatic carbocycles. The number of hydrogen-bond donors (Lipinski definition) is 1. The van der Waals surface area contributed by atoms with E-state index in [9.17, 15) is 9.59 Å². The van der Waals surface area contributed by atoms with Crippen molar-refractivity contribution in [3.05, 3.63) is 33.6 Å². The summed E-state index contributed by atoms with van der Waals surface area (Å²) in [5, 5.41) is 12.1. The van der Waals surface area contributed by atoms with E-state index in [4.69, 9.17) is 4.74 Å². The number of anilines is 1. The average Bonchev–Trinajstić information content (AvgIpc) is 3.16. The van der Waals surface area contributed by atoms with Crippen molar-refractivity contribution in [2.75, 3.05) is 11.9 Å². The minimum atomic E-state index is -0.379. The second-order valence-electron chi connectivity index (χ2n) is 6.35. The summed E-state index contributed by atoms with van der Waals surface area (Å²) < 4.78 is 7.22. The molecule has 2 heterocycles. The summed E-state index contributed by atoms with van der Waals surface area (Å²) in [4.78, 5) is 24.6. The maximum Gasteiger partial charge on any atom is 0.340 e. The van der Waals surface area contributed by atoms with Gasteiger partial charge in [0.1, 0.15) is 5.01 Å². The van der Waals surface area contributed by atoms with E-state index >= 15 is 0 Å². The van der Waals surface area contributed by atoms with Crippen LogP contribution < -0.4 is 5.32 Å². The lowest BCUT2D eigenvalue weighted by molar-refractivity contribution is -0.111. The van der Waals surface area contributed by atoms with Crippen molar-refractivity contribution < 1.29 is 14.3 Å². The molecule has 0 fully saturated rings. The molecule has 0 radical (unpaired) electrons. The molecule has 0 aliphatic rings. The molecule has 0 aliphatic carbocycles. The van der Waals surface area contributed by atoms with Gasteiger partial charge in [0.2, 0.25) is 11.0 Å². The maximum absolute atomic E-state index is 12.4. The predicted molar refractivity (Wildman–Crippen MR) is 107 cm³/mol. The number of aromatic nitrogens is 3. The Kier molecular flexibility index (Phi) is 6.90. The molecule has 0 atom stereocenters. The number of nitrogens with one attached hydrogen (secondary N) is 1. The van der Waals surface area contributed by atoms with Crippen LogP contribution in [0.1, 0.15) is 65.9 Å². The van der Waals surface area contributed by atoms with Gasteiger partial charge in [0.25, 0.3) is 0 Å². The number of nitrogens with zero attached hydrogens (tertiary/aromatic N) is 3. The topological polar surface area (TPSA) is 86.1 Å². The summed E-state index contributed by atoms with van der Waals surface area (Å²) in [6, 6.07) is 0. The Morgan fingerprint density at radius 1 is 1.22 bits per heavy atom. The molecule has 0 aliphatic heterocycles. The summed E-state index contributed by atoms with van der Waals surface area (Å²) in [7, 11) is 0. The van der Waals surface area contributed by atoms with E-state index in [-0.39, 0.29) is 17.8 Å². The number of hydrogen-bond acceptors (Lipinski definition) is 6. The normalized spacial score (nSPS) is 11.4. The number of ether oxygens (including phenoxy) is 1. The van der Waals surface area contributed by atoms with Crippen LogP contribution in [0, 0.1) is 13.8 Å². The van der Waals surface area contributed by atoms with Gasteiger partial charge in [-0.15, -0.1) is 10.2 Å². The Bertz CT molecular complexity index is 865. The highest BCUT2D eigenvalue weighted by molar-refractivity contribution is 7.15. The van der Waals surface area contributed by atoms with Crippen LogP contribution in [0.3, 0.4) is 0 Å². The zero-order valence-corrected chi connectivity index (χ0v) is 17.4. The summed E-state index contributed by atoms with van der Waals surface area (Å²) in [6.07, 6.45) is 3.06. The molecule has 0 bridgehead atoms. The third-order valence-corrected chi connectivity index (χ3v) is 5.33. The van der Waals surface area contributed by atoms with Crippen molar-refractivity contribution >= 4 is 34.4 Å². The summed E-state index contributed by atoms with van der Waals surface area (Å²) in [5.74, 6) is -0.441. The van der Waals surface area contributed by atoms with Crippen LogP contribution in [-0.2, 0) is 16.1 Å². The molecule has 8 heteroatoms. The lowest BCUT2D eigenvalue weighted by atomic mass is 10.1. The molecule has 1 N–H and O–H groups in total. The fraction of sp³-hybridized carbons (Fsp3) is 0.474. The lowest BCUT2D eigenvalue weighted by Gasteiger charge is -2.05. The molecular formula is C19H26N4O3S. The smallest absolute Gasteiger partial charge is 0.340 e. The monoisotopic (exact) mass is 390 g/mol. The van der Waals surface area contributed by atoms with Gasteiger partial charge in [-0.3, -0.25) is 10.1 Å². The highest BCUT2D eigenvalue weighted by Crippen LogP contribution is 2.25. The van der Waals surface area contributed by atoms with Crippen molar-refractivity contribution in [2.24, 2.45) is 0 Å². The fourth-order valence-electron chi connectivity index (χ4n) is 2.87. The van der Waals surface area contributed by atoms with Gasteiger partial charge in [-0.05, 0) is 33.8 Å². The number of esters is 1. The molecule has 0 unspecified atom stereocenters. The van der Waals surface area contributed by atoms with Crippen LogP contribution in [0.2, 0.25) is 0 Å². The minimum absolute atomic E-state index is 0.260. The van der Waals surface area contributed by atoms with Crippen LogP contribution in [0.25, 0.3) is 6.08 Å². The molecule has 7 nitrogen and oxygen atoms in total. The first-order valence-electron chi connectivity index (χ1n) is 8.99. The SMILES string of the molecule is CCOC(=O)c1c(/C=C/C(=O)Nc2nnc(C(C)C)s2)c(C)n(CC)c1C. The van der Waals surface area contributed by atoms with Gasteiger partial charge < -0.3 is 9.30 Å². The molecule has 0 saturated carbocycles. The Hall–Kier alpha value is -2.48. The summed E-state index contributed by atoms with van der Waals surface area (Å²) in [5.41, 5.74) is 2.95. The van der Waals surface area contributed by atoms with Crippen LogP contribution in [0.5, 0.6) is 0 Å². The van der Waals surface area contributed by atoms with Crippen molar-refractivity contribution in [2.45, 2.75) is 54.0 Å².